The molecule has 0 spiro atoms. The number of carbonyl (C=O) groups excluding carboxylic acids is 2. The Kier molecular flexibility index (Phi) is 5.02. The molecule has 1 N–H and O–H groups in total. The predicted molar refractivity (Wildman–Crippen MR) is 95.5 cm³/mol. The van der Waals surface area contributed by atoms with Crippen LogP contribution in [0.15, 0.2) is 47.2 Å². The molecule has 3 aromatic rings. The number of hydrogen-bond donors (Lipinski definition) is 1. The van der Waals surface area contributed by atoms with Crippen molar-refractivity contribution in [3.05, 3.63) is 58.4 Å². The van der Waals surface area contributed by atoms with Crippen LogP contribution in [0.5, 0.6) is 0 Å². The summed E-state index contributed by atoms with van der Waals surface area (Å²) in [5, 5.41) is 7.02. The molecule has 0 bridgehead atoms. The van der Waals surface area contributed by atoms with Gasteiger partial charge in [0.1, 0.15) is 5.01 Å². The Morgan fingerprint density at radius 3 is 2.67 bits per heavy atom. The highest BCUT2D eigenvalue weighted by Crippen LogP contribution is 2.27. The minimum absolute atomic E-state index is 0.214. The van der Waals surface area contributed by atoms with E-state index >= 15 is 0 Å². The van der Waals surface area contributed by atoms with Crippen LogP contribution in [0.25, 0.3) is 9.88 Å². The van der Waals surface area contributed by atoms with Crippen molar-refractivity contribution in [2.45, 2.75) is 6.92 Å². The van der Waals surface area contributed by atoms with Gasteiger partial charge >= 0.3 is 5.97 Å². The molecule has 0 aliphatic rings. The molecule has 1 amide bonds. The van der Waals surface area contributed by atoms with E-state index in [9.17, 15) is 9.59 Å². The number of esters is 1. The SMILES string of the molecule is Cc1ccc(NC(=O)COC(=O)c2csc(-c3cccs3)n2)cc1. The molecule has 122 valence electrons. The van der Waals surface area contributed by atoms with E-state index in [0.717, 1.165) is 15.4 Å². The Morgan fingerprint density at radius 1 is 1.17 bits per heavy atom. The number of benzene rings is 1. The first kappa shape index (κ1) is 16.4. The van der Waals surface area contributed by atoms with Crippen molar-refractivity contribution < 1.29 is 14.3 Å². The van der Waals surface area contributed by atoms with Crippen LogP contribution < -0.4 is 5.32 Å². The fourth-order valence-electron chi connectivity index (χ4n) is 1.92. The van der Waals surface area contributed by atoms with Crippen LogP contribution in [-0.4, -0.2) is 23.5 Å². The van der Waals surface area contributed by atoms with Gasteiger partial charge in [0.2, 0.25) is 0 Å². The van der Waals surface area contributed by atoms with Gasteiger partial charge in [0.05, 0.1) is 4.88 Å². The van der Waals surface area contributed by atoms with Gasteiger partial charge in [-0.2, -0.15) is 0 Å². The Labute approximate surface area is 146 Å². The van der Waals surface area contributed by atoms with Gasteiger partial charge in [0, 0.05) is 11.1 Å². The van der Waals surface area contributed by atoms with Gasteiger partial charge in [-0.25, -0.2) is 9.78 Å². The normalized spacial score (nSPS) is 10.4. The number of aromatic nitrogens is 1. The summed E-state index contributed by atoms with van der Waals surface area (Å²) in [7, 11) is 0. The van der Waals surface area contributed by atoms with E-state index in [2.05, 4.69) is 10.3 Å². The second kappa shape index (κ2) is 7.37. The summed E-state index contributed by atoms with van der Waals surface area (Å²) >= 11 is 2.92. The van der Waals surface area contributed by atoms with Crippen molar-refractivity contribution in [2.24, 2.45) is 0 Å². The van der Waals surface area contributed by atoms with E-state index in [1.807, 2.05) is 36.6 Å². The van der Waals surface area contributed by atoms with Gasteiger partial charge in [-0.3, -0.25) is 4.79 Å². The maximum absolute atomic E-state index is 12.0. The lowest BCUT2D eigenvalue weighted by atomic mass is 10.2. The zero-order valence-corrected chi connectivity index (χ0v) is 14.4. The van der Waals surface area contributed by atoms with Crippen LogP contribution in [0, 0.1) is 6.92 Å². The Morgan fingerprint density at radius 2 is 1.96 bits per heavy atom. The highest BCUT2D eigenvalue weighted by molar-refractivity contribution is 7.20. The van der Waals surface area contributed by atoms with Gasteiger partial charge in [-0.1, -0.05) is 23.8 Å². The quantitative estimate of drug-likeness (QED) is 0.701. The van der Waals surface area contributed by atoms with Gasteiger partial charge in [0.25, 0.3) is 5.91 Å². The molecule has 0 saturated heterocycles. The molecule has 0 radical (unpaired) electrons. The summed E-state index contributed by atoms with van der Waals surface area (Å²) in [6.07, 6.45) is 0. The highest BCUT2D eigenvalue weighted by atomic mass is 32.1. The highest BCUT2D eigenvalue weighted by Gasteiger charge is 2.15. The number of ether oxygens (including phenoxy) is 1. The number of hydrogen-bond acceptors (Lipinski definition) is 6. The molecule has 0 aliphatic heterocycles. The van der Waals surface area contributed by atoms with E-state index in [4.69, 9.17) is 4.74 Å². The number of anilines is 1. The Hall–Kier alpha value is -2.51. The van der Waals surface area contributed by atoms with Crippen molar-refractivity contribution in [1.29, 1.82) is 0 Å². The Balaban J connectivity index is 1.53. The third-order valence-electron chi connectivity index (χ3n) is 3.11. The number of thiophene rings is 1. The molecule has 7 heteroatoms. The van der Waals surface area contributed by atoms with Crippen LogP contribution in [0.3, 0.4) is 0 Å². The first-order valence-corrected chi connectivity index (χ1v) is 8.91. The second-order valence-corrected chi connectivity index (χ2v) is 6.81. The van der Waals surface area contributed by atoms with Crippen molar-refractivity contribution in [1.82, 2.24) is 4.98 Å². The summed E-state index contributed by atoms with van der Waals surface area (Å²) in [5.74, 6) is -0.992. The molecule has 2 aromatic heterocycles. The maximum atomic E-state index is 12.0. The van der Waals surface area contributed by atoms with Gasteiger partial charge in [-0.05, 0) is 30.5 Å². The van der Waals surface area contributed by atoms with Crippen LogP contribution in [0.2, 0.25) is 0 Å². The molecule has 2 heterocycles. The fourth-order valence-corrected chi connectivity index (χ4v) is 3.52. The molecule has 0 saturated carbocycles. The summed E-state index contributed by atoms with van der Waals surface area (Å²) in [5.41, 5.74) is 1.98. The first-order chi connectivity index (χ1) is 11.6. The van der Waals surface area contributed by atoms with Crippen LogP contribution in [0.1, 0.15) is 16.1 Å². The second-order valence-electron chi connectivity index (χ2n) is 5.01. The standard InChI is InChI=1S/C17H14N2O3S2/c1-11-4-6-12(7-5-11)18-15(20)9-22-17(21)13-10-24-16(19-13)14-3-2-8-23-14/h2-8,10H,9H2,1H3,(H,18,20). The smallest absolute Gasteiger partial charge is 0.358 e. The van der Waals surface area contributed by atoms with Crippen molar-refractivity contribution in [3.63, 3.8) is 0 Å². The largest absolute Gasteiger partial charge is 0.451 e. The lowest BCUT2D eigenvalue weighted by Gasteiger charge is -2.06. The lowest BCUT2D eigenvalue weighted by molar-refractivity contribution is -0.119. The molecule has 0 fully saturated rings. The van der Waals surface area contributed by atoms with E-state index in [0.29, 0.717) is 5.69 Å². The molecule has 0 unspecified atom stereocenters. The molecular weight excluding hydrogens is 344 g/mol. The van der Waals surface area contributed by atoms with Gasteiger partial charge in [0.15, 0.2) is 12.3 Å². The Bertz CT molecular complexity index is 839. The van der Waals surface area contributed by atoms with Crippen molar-refractivity contribution in [3.8, 4) is 9.88 Å². The third kappa shape index (κ3) is 4.06. The maximum Gasteiger partial charge on any atom is 0.358 e. The number of aryl methyl sites for hydroxylation is 1. The molecular formula is C17H14N2O3S2. The van der Waals surface area contributed by atoms with Gasteiger partial charge in [-0.15, -0.1) is 22.7 Å². The minimum atomic E-state index is -0.604. The summed E-state index contributed by atoms with van der Waals surface area (Å²) in [4.78, 5) is 29.0. The lowest BCUT2D eigenvalue weighted by Crippen LogP contribution is -2.21. The number of nitrogens with zero attached hydrogens (tertiary/aromatic N) is 1. The molecule has 0 aliphatic carbocycles. The number of rotatable bonds is 5. The number of carbonyl (C=O) groups is 2. The van der Waals surface area contributed by atoms with Crippen LogP contribution >= 0.6 is 22.7 Å². The van der Waals surface area contributed by atoms with Crippen LogP contribution in [-0.2, 0) is 9.53 Å². The molecule has 1 aromatic carbocycles. The molecule has 24 heavy (non-hydrogen) atoms. The average molecular weight is 358 g/mol. The van der Waals surface area contributed by atoms with Crippen molar-refractivity contribution in [2.75, 3.05) is 11.9 Å². The third-order valence-corrected chi connectivity index (χ3v) is 5.00. The minimum Gasteiger partial charge on any atom is -0.451 e. The van der Waals surface area contributed by atoms with E-state index < -0.39 is 5.97 Å². The predicted octanol–water partition coefficient (Wildman–Crippen LogP) is 3.98. The van der Waals surface area contributed by atoms with Crippen molar-refractivity contribution >= 4 is 40.2 Å². The van der Waals surface area contributed by atoms with Crippen LogP contribution in [0.4, 0.5) is 5.69 Å². The topological polar surface area (TPSA) is 68.3 Å². The first-order valence-electron chi connectivity index (χ1n) is 7.15. The zero-order chi connectivity index (χ0) is 16.9. The monoisotopic (exact) mass is 358 g/mol. The van der Waals surface area contributed by atoms with E-state index in [1.165, 1.54) is 11.3 Å². The van der Waals surface area contributed by atoms with E-state index in [-0.39, 0.29) is 18.2 Å². The summed E-state index contributed by atoms with van der Waals surface area (Å²) in [6, 6.07) is 11.2. The van der Waals surface area contributed by atoms with Gasteiger partial charge < -0.3 is 10.1 Å². The zero-order valence-electron chi connectivity index (χ0n) is 12.8. The number of thiazole rings is 1. The number of amides is 1. The summed E-state index contributed by atoms with van der Waals surface area (Å²) < 4.78 is 5.01. The fraction of sp³-hybridized carbons (Fsp3) is 0.118. The van der Waals surface area contributed by atoms with E-state index in [1.54, 1.807) is 28.8 Å². The molecule has 3 rings (SSSR count). The molecule has 5 nitrogen and oxygen atoms in total. The number of nitrogens with one attached hydrogen (secondary N) is 1. The average Bonchev–Trinajstić information content (AvgIpc) is 3.25. The summed E-state index contributed by atoms with van der Waals surface area (Å²) in [6.45, 7) is 1.62. The molecule has 0 atom stereocenters.